The lowest BCUT2D eigenvalue weighted by Crippen LogP contribution is -2.36. The van der Waals surface area contributed by atoms with Crippen molar-refractivity contribution in [3.05, 3.63) is 29.8 Å². The Bertz CT molecular complexity index is 328. The van der Waals surface area contributed by atoms with Gasteiger partial charge in [-0.1, -0.05) is 18.2 Å². The Morgan fingerprint density at radius 3 is 2.00 bits per heavy atom. The Kier molecular flexibility index (Phi) is 2.48. The van der Waals surface area contributed by atoms with Crippen molar-refractivity contribution in [3.63, 3.8) is 0 Å². The molecule has 0 atom stereocenters. The topological polar surface area (TPSA) is 26.0 Å². The minimum absolute atomic E-state index is 0.118. The molecule has 0 saturated heterocycles. The highest BCUT2D eigenvalue weighted by Gasteiger charge is 2.49. The van der Waals surface area contributed by atoms with E-state index in [0.29, 0.717) is 0 Å². The van der Waals surface area contributed by atoms with Crippen LogP contribution < -0.4 is 5.73 Å². The number of nitrogen functional groups attached to an aromatic ring is 1. The summed E-state index contributed by atoms with van der Waals surface area (Å²) in [5, 5.41) is 0. The van der Waals surface area contributed by atoms with Gasteiger partial charge in [0.15, 0.2) is 0 Å². The maximum atomic E-state index is 12.6. The van der Waals surface area contributed by atoms with Gasteiger partial charge in [-0.3, -0.25) is 0 Å². The first-order valence-corrected chi connectivity index (χ1v) is 4.18. The van der Waals surface area contributed by atoms with Crippen molar-refractivity contribution >= 4 is 5.69 Å². The lowest BCUT2D eigenvalue weighted by atomic mass is 9.83. The van der Waals surface area contributed by atoms with Crippen LogP contribution in [-0.4, -0.2) is 6.18 Å². The van der Waals surface area contributed by atoms with E-state index in [9.17, 15) is 13.2 Å². The molecule has 1 aromatic rings. The van der Waals surface area contributed by atoms with Crippen LogP contribution in [0.25, 0.3) is 0 Å². The smallest absolute Gasteiger partial charge is 0.397 e. The number of nitrogens with two attached hydrogens (primary N) is 1. The Balaban J connectivity index is 3.23. The maximum Gasteiger partial charge on any atom is 0.397 e. The highest BCUT2D eigenvalue weighted by molar-refractivity contribution is 5.50. The van der Waals surface area contributed by atoms with Crippen molar-refractivity contribution in [2.45, 2.75) is 25.4 Å². The van der Waals surface area contributed by atoms with E-state index >= 15 is 0 Å². The second-order valence-electron chi connectivity index (χ2n) is 3.71. The molecule has 0 bridgehead atoms. The van der Waals surface area contributed by atoms with Gasteiger partial charge in [0.05, 0.1) is 5.41 Å². The van der Waals surface area contributed by atoms with Gasteiger partial charge in [0.1, 0.15) is 0 Å². The van der Waals surface area contributed by atoms with Crippen LogP contribution in [0, 0.1) is 0 Å². The molecular formula is C10H12F3N. The number of hydrogen-bond acceptors (Lipinski definition) is 1. The van der Waals surface area contributed by atoms with E-state index in [-0.39, 0.29) is 11.3 Å². The summed E-state index contributed by atoms with van der Waals surface area (Å²) >= 11 is 0. The number of halogens is 3. The maximum absolute atomic E-state index is 12.6. The minimum Gasteiger partial charge on any atom is -0.398 e. The minimum atomic E-state index is -4.29. The SMILES string of the molecule is CC(C)(c1ccccc1N)C(F)(F)F. The Hall–Kier alpha value is -1.19. The zero-order valence-electron chi connectivity index (χ0n) is 8.02. The Morgan fingerprint density at radius 1 is 1.07 bits per heavy atom. The molecule has 0 radical (unpaired) electrons. The molecule has 0 unspecified atom stereocenters. The Labute approximate surface area is 80.7 Å². The lowest BCUT2D eigenvalue weighted by Gasteiger charge is -2.29. The summed E-state index contributed by atoms with van der Waals surface area (Å²) in [5.74, 6) is 0. The average Bonchev–Trinajstić information content (AvgIpc) is 2.02. The monoisotopic (exact) mass is 203 g/mol. The van der Waals surface area contributed by atoms with Gasteiger partial charge in [-0.05, 0) is 25.5 Å². The molecular weight excluding hydrogens is 191 g/mol. The number of rotatable bonds is 1. The third-order valence-electron chi connectivity index (χ3n) is 2.34. The first-order chi connectivity index (χ1) is 6.27. The highest BCUT2D eigenvalue weighted by Crippen LogP contribution is 2.42. The third kappa shape index (κ3) is 1.69. The van der Waals surface area contributed by atoms with Gasteiger partial charge in [0, 0.05) is 5.69 Å². The number of hydrogen-bond donors (Lipinski definition) is 1. The molecule has 1 aromatic carbocycles. The standard InChI is InChI=1S/C10H12F3N/c1-9(2,10(11,12)13)7-5-3-4-6-8(7)14/h3-6H,14H2,1-2H3. The quantitative estimate of drug-likeness (QED) is 0.697. The van der Waals surface area contributed by atoms with Crippen molar-refractivity contribution in [2.24, 2.45) is 0 Å². The Morgan fingerprint density at radius 2 is 1.57 bits per heavy atom. The zero-order chi connectivity index (χ0) is 11.0. The number of benzene rings is 1. The van der Waals surface area contributed by atoms with Crippen LogP contribution in [0.2, 0.25) is 0 Å². The molecule has 0 saturated carbocycles. The highest BCUT2D eigenvalue weighted by atomic mass is 19.4. The predicted octanol–water partition coefficient (Wildman–Crippen LogP) is 3.11. The predicted molar refractivity (Wildman–Crippen MR) is 49.9 cm³/mol. The van der Waals surface area contributed by atoms with Crippen LogP contribution in [-0.2, 0) is 5.41 Å². The summed E-state index contributed by atoms with van der Waals surface area (Å²) in [7, 11) is 0. The van der Waals surface area contributed by atoms with Crippen molar-refractivity contribution in [1.29, 1.82) is 0 Å². The van der Waals surface area contributed by atoms with Gasteiger partial charge in [-0.15, -0.1) is 0 Å². The van der Waals surface area contributed by atoms with Gasteiger partial charge in [-0.25, -0.2) is 0 Å². The van der Waals surface area contributed by atoms with Crippen LogP contribution in [0.15, 0.2) is 24.3 Å². The summed E-state index contributed by atoms with van der Waals surface area (Å²) < 4.78 is 37.9. The molecule has 0 aliphatic rings. The second kappa shape index (κ2) is 3.19. The van der Waals surface area contributed by atoms with Crippen molar-refractivity contribution < 1.29 is 13.2 Å². The summed E-state index contributed by atoms with van der Waals surface area (Å²) in [6.07, 6.45) is -4.29. The summed E-state index contributed by atoms with van der Waals surface area (Å²) in [6, 6.07) is 6.05. The first kappa shape index (κ1) is 10.9. The fourth-order valence-corrected chi connectivity index (χ4v) is 1.22. The van der Waals surface area contributed by atoms with E-state index < -0.39 is 11.6 Å². The van der Waals surface area contributed by atoms with Crippen molar-refractivity contribution in [1.82, 2.24) is 0 Å². The fraction of sp³-hybridized carbons (Fsp3) is 0.400. The molecule has 0 amide bonds. The van der Waals surface area contributed by atoms with E-state index in [1.807, 2.05) is 0 Å². The van der Waals surface area contributed by atoms with Crippen LogP contribution in [0.5, 0.6) is 0 Å². The van der Waals surface area contributed by atoms with Gasteiger partial charge in [0.2, 0.25) is 0 Å². The molecule has 0 fully saturated rings. The second-order valence-corrected chi connectivity index (χ2v) is 3.71. The molecule has 0 heterocycles. The first-order valence-electron chi connectivity index (χ1n) is 4.18. The lowest BCUT2D eigenvalue weighted by molar-refractivity contribution is -0.180. The molecule has 4 heteroatoms. The molecule has 0 aromatic heterocycles. The summed E-state index contributed by atoms with van der Waals surface area (Å²) in [6.45, 7) is 2.25. The molecule has 14 heavy (non-hydrogen) atoms. The third-order valence-corrected chi connectivity index (χ3v) is 2.34. The fourth-order valence-electron chi connectivity index (χ4n) is 1.22. The summed E-state index contributed by atoms with van der Waals surface area (Å²) in [5.41, 5.74) is 3.89. The number of para-hydroxylation sites is 1. The van der Waals surface area contributed by atoms with Gasteiger partial charge in [-0.2, -0.15) is 13.2 Å². The number of anilines is 1. The van der Waals surface area contributed by atoms with E-state index in [1.54, 1.807) is 12.1 Å². The van der Waals surface area contributed by atoms with Gasteiger partial charge in [0.25, 0.3) is 0 Å². The normalized spacial score (nSPS) is 12.9. The van der Waals surface area contributed by atoms with E-state index in [4.69, 9.17) is 5.73 Å². The zero-order valence-corrected chi connectivity index (χ0v) is 8.02. The average molecular weight is 203 g/mol. The van der Waals surface area contributed by atoms with E-state index in [1.165, 1.54) is 12.1 Å². The van der Waals surface area contributed by atoms with Gasteiger partial charge < -0.3 is 5.73 Å². The largest absolute Gasteiger partial charge is 0.398 e. The van der Waals surface area contributed by atoms with E-state index in [0.717, 1.165) is 13.8 Å². The van der Waals surface area contributed by atoms with Crippen LogP contribution in [0.4, 0.5) is 18.9 Å². The summed E-state index contributed by atoms with van der Waals surface area (Å²) in [4.78, 5) is 0. The molecule has 1 nitrogen and oxygen atoms in total. The molecule has 0 spiro atoms. The van der Waals surface area contributed by atoms with Crippen LogP contribution >= 0.6 is 0 Å². The van der Waals surface area contributed by atoms with Crippen molar-refractivity contribution in [3.8, 4) is 0 Å². The van der Waals surface area contributed by atoms with Gasteiger partial charge >= 0.3 is 6.18 Å². The molecule has 0 aliphatic heterocycles. The van der Waals surface area contributed by atoms with Crippen LogP contribution in [0.1, 0.15) is 19.4 Å². The molecule has 78 valence electrons. The van der Waals surface area contributed by atoms with Crippen LogP contribution in [0.3, 0.4) is 0 Å². The molecule has 1 rings (SSSR count). The van der Waals surface area contributed by atoms with E-state index in [2.05, 4.69) is 0 Å². The molecule has 0 aliphatic carbocycles. The van der Waals surface area contributed by atoms with Crippen molar-refractivity contribution in [2.75, 3.05) is 5.73 Å². The molecule has 2 N–H and O–H groups in total. The number of alkyl halides is 3.